The molecule has 1 aromatic carbocycles. The first-order valence-electron chi connectivity index (χ1n) is 10.6. The second kappa shape index (κ2) is 12.2. The quantitative estimate of drug-likeness (QED) is 0.279. The summed E-state index contributed by atoms with van der Waals surface area (Å²) in [5, 5.41) is 5.50. The van der Waals surface area contributed by atoms with Crippen LogP contribution in [0.4, 0.5) is 0 Å². The maximum absolute atomic E-state index is 6.86. The lowest BCUT2D eigenvalue weighted by atomic mass is 9.90. The molecule has 1 aromatic rings. The van der Waals surface area contributed by atoms with Gasteiger partial charge in [-0.2, -0.15) is 0 Å². The van der Waals surface area contributed by atoms with E-state index in [1.54, 1.807) is 0 Å². The molecule has 0 N–H and O–H groups in total. The van der Waals surface area contributed by atoms with Gasteiger partial charge in [-0.25, -0.2) is 0 Å². The minimum absolute atomic E-state index is 0.443. The predicted molar refractivity (Wildman–Crippen MR) is 117 cm³/mol. The number of halogens is 1. The molecule has 0 bridgehead atoms. The van der Waals surface area contributed by atoms with Gasteiger partial charge in [-0.1, -0.05) is 80.7 Å². The van der Waals surface area contributed by atoms with Gasteiger partial charge in [-0.3, -0.25) is 0 Å². The average molecular weight is 391 g/mol. The molecule has 4 heteroatoms. The molecule has 0 heterocycles. The van der Waals surface area contributed by atoms with Crippen molar-refractivity contribution in [2.75, 3.05) is 26.2 Å². The van der Waals surface area contributed by atoms with Crippen molar-refractivity contribution in [3.05, 3.63) is 41.5 Å². The maximum atomic E-state index is 6.86. The van der Waals surface area contributed by atoms with Gasteiger partial charge in [0, 0.05) is 12.5 Å². The van der Waals surface area contributed by atoms with E-state index in [2.05, 4.69) is 43.0 Å². The van der Waals surface area contributed by atoms with E-state index in [9.17, 15) is 0 Å². The van der Waals surface area contributed by atoms with Crippen molar-refractivity contribution in [3.8, 4) is 0 Å². The van der Waals surface area contributed by atoms with Crippen molar-refractivity contribution in [1.82, 2.24) is 4.90 Å². The van der Waals surface area contributed by atoms with Crippen LogP contribution in [0, 0.1) is 5.92 Å². The van der Waals surface area contributed by atoms with Crippen LogP contribution in [0.3, 0.4) is 0 Å². The van der Waals surface area contributed by atoms with Crippen molar-refractivity contribution in [2.24, 2.45) is 11.1 Å². The monoisotopic (exact) mass is 390 g/mol. The summed E-state index contributed by atoms with van der Waals surface area (Å²) in [6.07, 6.45) is 6.84. The highest BCUT2D eigenvalue weighted by atomic mass is 35.5. The first kappa shape index (κ1) is 22.0. The zero-order valence-corrected chi connectivity index (χ0v) is 18.0. The molecule has 2 rings (SSSR count). The zero-order valence-electron chi connectivity index (χ0n) is 17.2. The molecule has 1 atom stereocenters. The average Bonchev–Trinajstić information content (AvgIpc) is 2.91. The number of nitrogens with zero attached hydrogens (tertiary/aromatic N) is 2. The molecule has 1 fully saturated rings. The Morgan fingerprint density at radius 3 is 2.56 bits per heavy atom. The standard InChI is InChI=1S/C23H35ClN2O/c1-4-12-20-15-10-11-16-21(22(24)19-13-8-7-9-14-19)23(20)25-27-18-17-26(5-2)6-3/h7-9,13-14,20H,4-6,10-12,15-18H2,1-3H3/t20-/m0/s1. The Labute approximate surface area is 170 Å². The van der Waals surface area contributed by atoms with E-state index in [1.165, 1.54) is 18.4 Å². The lowest BCUT2D eigenvalue weighted by Crippen LogP contribution is -2.27. The van der Waals surface area contributed by atoms with E-state index in [-0.39, 0.29) is 0 Å². The zero-order chi connectivity index (χ0) is 19.5. The number of rotatable bonds is 9. The number of allylic oxidation sites excluding steroid dienone is 1. The largest absolute Gasteiger partial charge is 0.394 e. The van der Waals surface area contributed by atoms with Crippen molar-refractivity contribution in [2.45, 2.75) is 59.3 Å². The molecule has 0 saturated heterocycles. The van der Waals surface area contributed by atoms with E-state index >= 15 is 0 Å². The molecule has 0 aliphatic heterocycles. The number of hydrogen-bond acceptors (Lipinski definition) is 3. The summed E-state index contributed by atoms with van der Waals surface area (Å²) in [7, 11) is 0. The number of hydrogen-bond donors (Lipinski definition) is 0. The molecular formula is C23H35ClN2O. The summed E-state index contributed by atoms with van der Waals surface area (Å²) < 4.78 is 0. The van der Waals surface area contributed by atoms with Crippen LogP contribution in [0.15, 0.2) is 41.1 Å². The van der Waals surface area contributed by atoms with Crippen LogP contribution >= 0.6 is 11.6 Å². The Morgan fingerprint density at radius 2 is 1.89 bits per heavy atom. The van der Waals surface area contributed by atoms with Crippen LogP contribution in [-0.4, -0.2) is 36.9 Å². The Balaban J connectivity index is 2.26. The number of oxime groups is 1. The minimum atomic E-state index is 0.443. The third-order valence-electron chi connectivity index (χ3n) is 5.41. The SMILES string of the molecule is CCC[C@H]1CCCCC(=C(Cl)c2ccccc2)C1=NOCCN(CC)CC. The van der Waals surface area contributed by atoms with Crippen LogP contribution in [0.25, 0.3) is 5.03 Å². The molecule has 0 aromatic heterocycles. The molecule has 0 radical (unpaired) electrons. The van der Waals surface area contributed by atoms with Gasteiger partial charge in [0.25, 0.3) is 0 Å². The molecule has 0 spiro atoms. The van der Waals surface area contributed by atoms with E-state index in [0.29, 0.717) is 12.5 Å². The molecule has 1 saturated carbocycles. The highest BCUT2D eigenvalue weighted by Gasteiger charge is 2.25. The third kappa shape index (κ3) is 6.65. The van der Waals surface area contributed by atoms with Crippen molar-refractivity contribution >= 4 is 22.3 Å². The van der Waals surface area contributed by atoms with Gasteiger partial charge in [0.2, 0.25) is 0 Å². The van der Waals surface area contributed by atoms with Gasteiger partial charge in [0.1, 0.15) is 6.61 Å². The fourth-order valence-corrected chi connectivity index (χ4v) is 4.09. The predicted octanol–water partition coefficient (Wildman–Crippen LogP) is 6.34. The van der Waals surface area contributed by atoms with Crippen LogP contribution in [0.1, 0.15) is 64.9 Å². The molecule has 1 aliphatic carbocycles. The lowest BCUT2D eigenvalue weighted by Gasteiger charge is -2.20. The second-order valence-electron chi connectivity index (χ2n) is 7.23. The molecule has 3 nitrogen and oxygen atoms in total. The molecule has 150 valence electrons. The van der Waals surface area contributed by atoms with Gasteiger partial charge in [0.15, 0.2) is 0 Å². The molecular weight excluding hydrogens is 356 g/mol. The summed E-state index contributed by atoms with van der Waals surface area (Å²) >= 11 is 6.86. The molecule has 0 amide bonds. The Bertz CT molecular complexity index is 608. The summed E-state index contributed by atoms with van der Waals surface area (Å²) in [5.74, 6) is 0.443. The van der Waals surface area contributed by atoms with Crippen LogP contribution in [0.2, 0.25) is 0 Å². The first-order chi connectivity index (χ1) is 13.2. The van der Waals surface area contributed by atoms with E-state index in [4.69, 9.17) is 16.4 Å². The van der Waals surface area contributed by atoms with Crippen LogP contribution in [-0.2, 0) is 4.84 Å². The number of benzene rings is 1. The van der Waals surface area contributed by atoms with E-state index in [1.807, 2.05) is 18.2 Å². The smallest absolute Gasteiger partial charge is 0.129 e. The van der Waals surface area contributed by atoms with Gasteiger partial charge in [0.05, 0.1) is 10.7 Å². The van der Waals surface area contributed by atoms with Crippen molar-refractivity contribution in [3.63, 3.8) is 0 Å². The second-order valence-corrected chi connectivity index (χ2v) is 7.60. The van der Waals surface area contributed by atoms with Crippen molar-refractivity contribution < 1.29 is 4.84 Å². The topological polar surface area (TPSA) is 24.8 Å². The van der Waals surface area contributed by atoms with Crippen molar-refractivity contribution in [1.29, 1.82) is 0 Å². The summed E-state index contributed by atoms with van der Waals surface area (Å²) in [5.41, 5.74) is 3.34. The fourth-order valence-electron chi connectivity index (χ4n) is 3.77. The van der Waals surface area contributed by atoms with Gasteiger partial charge in [-0.15, -0.1) is 0 Å². The Kier molecular flexibility index (Phi) is 9.93. The number of likely N-dealkylation sites (N-methyl/N-ethyl adjacent to an activating group) is 1. The molecule has 27 heavy (non-hydrogen) atoms. The third-order valence-corrected chi connectivity index (χ3v) is 5.86. The highest BCUT2D eigenvalue weighted by molar-refractivity contribution is 6.51. The Hall–Kier alpha value is -1.32. The first-order valence-corrected chi connectivity index (χ1v) is 11.0. The van der Waals surface area contributed by atoms with Gasteiger partial charge in [-0.05, 0) is 49.9 Å². The Morgan fingerprint density at radius 1 is 1.15 bits per heavy atom. The molecule has 0 unspecified atom stereocenters. The van der Waals surface area contributed by atoms with Gasteiger partial charge >= 0.3 is 0 Å². The van der Waals surface area contributed by atoms with E-state index < -0.39 is 0 Å². The maximum Gasteiger partial charge on any atom is 0.129 e. The summed E-state index contributed by atoms with van der Waals surface area (Å²) in [6.45, 7) is 10.2. The van der Waals surface area contributed by atoms with Crippen LogP contribution < -0.4 is 0 Å². The minimum Gasteiger partial charge on any atom is -0.394 e. The molecule has 1 aliphatic rings. The van der Waals surface area contributed by atoms with Crippen LogP contribution in [0.5, 0.6) is 0 Å². The lowest BCUT2D eigenvalue weighted by molar-refractivity contribution is 0.113. The fraction of sp³-hybridized carbons (Fsp3) is 0.609. The summed E-state index contributed by atoms with van der Waals surface area (Å²) in [4.78, 5) is 8.16. The normalized spacial score (nSPS) is 21.4. The van der Waals surface area contributed by atoms with E-state index in [0.717, 1.165) is 61.6 Å². The summed E-state index contributed by atoms with van der Waals surface area (Å²) in [6, 6.07) is 10.3. The highest BCUT2D eigenvalue weighted by Crippen LogP contribution is 2.35. The van der Waals surface area contributed by atoms with Gasteiger partial charge < -0.3 is 9.74 Å².